The van der Waals surface area contributed by atoms with Crippen molar-refractivity contribution in [3.05, 3.63) is 18.0 Å². The van der Waals surface area contributed by atoms with Gasteiger partial charge in [0.05, 0.1) is 11.8 Å². The lowest BCUT2D eigenvalue weighted by Gasteiger charge is -2.59. The van der Waals surface area contributed by atoms with Gasteiger partial charge in [-0.25, -0.2) is 4.79 Å². The molecule has 1 aromatic rings. The maximum absolute atomic E-state index is 12.6. The van der Waals surface area contributed by atoms with Gasteiger partial charge >= 0.3 is 5.97 Å². The fourth-order valence-corrected chi connectivity index (χ4v) is 6.37. The lowest BCUT2D eigenvalue weighted by Crippen LogP contribution is -2.56. The number of nitrogens with zero attached hydrogens (tertiary/aromatic N) is 2. The van der Waals surface area contributed by atoms with E-state index < -0.39 is 5.97 Å². The first-order chi connectivity index (χ1) is 12.5. The molecule has 6 heteroatoms. The lowest BCUT2D eigenvalue weighted by molar-refractivity contribution is -0.126. The zero-order valence-electron chi connectivity index (χ0n) is 15.5. The van der Waals surface area contributed by atoms with Crippen molar-refractivity contribution in [2.75, 3.05) is 0 Å². The highest BCUT2D eigenvalue weighted by molar-refractivity contribution is 5.86. The van der Waals surface area contributed by atoms with Crippen molar-refractivity contribution < 1.29 is 14.7 Å². The Labute approximate surface area is 154 Å². The van der Waals surface area contributed by atoms with Crippen LogP contribution in [0.15, 0.2) is 12.4 Å². The highest BCUT2D eigenvalue weighted by Crippen LogP contribution is 2.61. The molecule has 6 nitrogen and oxygen atoms in total. The van der Waals surface area contributed by atoms with Crippen LogP contribution in [-0.4, -0.2) is 32.8 Å². The Morgan fingerprint density at radius 3 is 2.38 bits per heavy atom. The number of aromatic carboxylic acids is 1. The predicted molar refractivity (Wildman–Crippen MR) is 96.6 cm³/mol. The van der Waals surface area contributed by atoms with Gasteiger partial charge in [0.25, 0.3) is 0 Å². The Morgan fingerprint density at radius 1 is 1.27 bits per heavy atom. The van der Waals surface area contributed by atoms with Crippen molar-refractivity contribution in [1.29, 1.82) is 0 Å². The number of carboxylic acids is 1. The summed E-state index contributed by atoms with van der Waals surface area (Å²) in [4.78, 5) is 23.5. The normalized spacial score (nSPS) is 33.2. The quantitative estimate of drug-likeness (QED) is 0.783. The fraction of sp³-hybridized carbons (Fsp3) is 0.750. The first-order valence-corrected chi connectivity index (χ1v) is 10.0. The molecule has 1 amide bonds. The van der Waals surface area contributed by atoms with Crippen molar-refractivity contribution in [3.63, 3.8) is 0 Å². The summed E-state index contributed by atoms with van der Waals surface area (Å²) in [5.41, 5.74) is 0.479. The summed E-state index contributed by atoms with van der Waals surface area (Å²) in [6.07, 6.45) is 12.2. The Bertz CT molecular complexity index is 661. The molecule has 0 saturated heterocycles. The van der Waals surface area contributed by atoms with Crippen LogP contribution in [0.1, 0.15) is 68.6 Å². The first-order valence-electron chi connectivity index (χ1n) is 10.0. The molecule has 4 aliphatic carbocycles. The van der Waals surface area contributed by atoms with E-state index in [0.717, 1.165) is 24.2 Å². The topological polar surface area (TPSA) is 84.2 Å². The van der Waals surface area contributed by atoms with E-state index in [1.165, 1.54) is 55.6 Å². The number of hydrogen-bond donors (Lipinski definition) is 2. The summed E-state index contributed by atoms with van der Waals surface area (Å²) in [6.45, 7) is 2.60. The zero-order chi connectivity index (χ0) is 18.3. The van der Waals surface area contributed by atoms with E-state index in [0.29, 0.717) is 18.4 Å². The van der Waals surface area contributed by atoms with E-state index in [4.69, 9.17) is 5.11 Å². The minimum absolute atomic E-state index is 0.0555. The van der Waals surface area contributed by atoms with Gasteiger partial charge < -0.3 is 10.4 Å². The summed E-state index contributed by atoms with van der Waals surface area (Å²) >= 11 is 0. The average Bonchev–Trinajstić information content (AvgIpc) is 3.06. The van der Waals surface area contributed by atoms with Gasteiger partial charge in [0, 0.05) is 25.2 Å². The zero-order valence-corrected chi connectivity index (χ0v) is 15.5. The third kappa shape index (κ3) is 3.26. The summed E-state index contributed by atoms with van der Waals surface area (Å²) < 4.78 is 1.54. The molecule has 5 rings (SSSR count). The van der Waals surface area contributed by atoms with Crippen LogP contribution in [0.5, 0.6) is 0 Å². The van der Waals surface area contributed by atoms with Crippen LogP contribution in [-0.2, 0) is 11.3 Å². The number of aromatic nitrogens is 2. The summed E-state index contributed by atoms with van der Waals surface area (Å²) in [6, 6.07) is 0.274. The van der Waals surface area contributed by atoms with Gasteiger partial charge in [-0.1, -0.05) is 6.92 Å². The van der Waals surface area contributed by atoms with Crippen LogP contribution < -0.4 is 5.32 Å². The largest absolute Gasteiger partial charge is 0.478 e. The van der Waals surface area contributed by atoms with E-state index >= 15 is 0 Å². The summed E-state index contributed by atoms with van der Waals surface area (Å²) in [5.74, 6) is 1.70. The van der Waals surface area contributed by atoms with Gasteiger partial charge in [-0.2, -0.15) is 5.10 Å². The standard InChI is InChI=1S/C20H29N3O3/c1-2-17(20-8-13-5-14(9-20)7-15(6-13)10-20)22-18(24)3-4-23-12-16(11-21-23)19(25)26/h11-15,17H,2-10H2,1H3,(H,22,24)(H,25,26). The predicted octanol–water partition coefficient (Wildman–Crippen LogP) is 3.08. The molecule has 1 unspecified atom stereocenters. The molecule has 142 valence electrons. The molecule has 0 spiro atoms. The van der Waals surface area contributed by atoms with Crippen LogP contribution in [0.4, 0.5) is 0 Å². The van der Waals surface area contributed by atoms with Crippen LogP contribution in [0, 0.1) is 23.2 Å². The highest BCUT2D eigenvalue weighted by atomic mass is 16.4. The molecule has 4 aliphatic rings. The number of hydrogen-bond acceptors (Lipinski definition) is 3. The monoisotopic (exact) mass is 359 g/mol. The van der Waals surface area contributed by atoms with E-state index in [9.17, 15) is 9.59 Å². The Morgan fingerprint density at radius 2 is 1.88 bits per heavy atom. The number of nitrogens with one attached hydrogen (secondary N) is 1. The molecule has 1 aromatic heterocycles. The molecule has 4 saturated carbocycles. The smallest absolute Gasteiger partial charge is 0.338 e. The van der Waals surface area contributed by atoms with Crippen molar-refractivity contribution in [3.8, 4) is 0 Å². The molecule has 0 radical (unpaired) electrons. The third-order valence-electron chi connectivity index (χ3n) is 7.02. The Balaban J connectivity index is 1.36. The highest BCUT2D eigenvalue weighted by Gasteiger charge is 2.53. The van der Waals surface area contributed by atoms with Crippen LogP contribution in [0.3, 0.4) is 0 Å². The van der Waals surface area contributed by atoms with Crippen molar-refractivity contribution in [2.45, 2.75) is 70.9 Å². The molecule has 1 heterocycles. The maximum Gasteiger partial charge on any atom is 0.338 e. The lowest BCUT2D eigenvalue weighted by atomic mass is 9.47. The minimum Gasteiger partial charge on any atom is -0.478 e. The number of carbonyl (C=O) groups excluding carboxylic acids is 1. The molecule has 26 heavy (non-hydrogen) atoms. The van der Waals surface area contributed by atoms with Crippen LogP contribution in [0.2, 0.25) is 0 Å². The third-order valence-corrected chi connectivity index (χ3v) is 7.02. The molecule has 0 aromatic carbocycles. The van der Waals surface area contributed by atoms with Gasteiger partial charge in [0.2, 0.25) is 5.91 Å². The van der Waals surface area contributed by atoms with Gasteiger partial charge in [0.1, 0.15) is 0 Å². The van der Waals surface area contributed by atoms with E-state index in [2.05, 4.69) is 17.3 Å². The van der Waals surface area contributed by atoms with Gasteiger partial charge in [-0.15, -0.1) is 0 Å². The molecular weight excluding hydrogens is 330 g/mol. The van der Waals surface area contributed by atoms with E-state index in [1.54, 1.807) is 0 Å². The minimum atomic E-state index is -0.992. The maximum atomic E-state index is 12.6. The first kappa shape index (κ1) is 17.6. The molecule has 4 fully saturated rings. The molecule has 2 N–H and O–H groups in total. The molecule has 1 atom stereocenters. The van der Waals surface area contributed by atoms with Gasteiger partial charge in [0.15, 0.2) is 0 Å². The van der Waals surface area contributed by atoms with Crippen molar-refractivity contribution >= 4 is 11.9 Å². The summed E-state index contributed by atoms with van der Waals surface area (Å²) in [7, 11) is 0. The van der Waals surface area contributed by atoms with E-state index in [-0.39, 0.29) is 17.5 Å². The van der Waals surface area contributed by atoms with Crippen LogP contribution in [0.25, 0.3) is 0 Å². The molecular formula is C20H29N3O3. The second-order valence-electron chi connectivity index (χ2n) is 8.86. The number of amides is 1. The SMILES string of the molecule is CCC(NC(=O)CCn1cc(C(=O)O)cn1)C12CC3CC(CC(C3)C1)C2. The van der Waals surface area contributed by atoms with Crippen molar-refractivity contribution in [2.24, 2.45) is 23.2 Å². The second kappa shape index (κ2) is 6.71. The average molecular weight is 359 g/mol. The number of aryl methyl sites for hydroxylation is 1. The van der Waals surface area contributed by atoms with E-state index in [1.807, 2.05) is 0 Å². The number of rotatable bonds is 7. The van der Waals surface area contributed by atoms with Gasteiger partial charge in [-0.3, -0.25) is 9.48 Å². The fourth-order valence-electron chi connectivity index (χ4n) is 6.37. The second-order valence-corrected chi connectivity index (χ2v) is 8.86. The number of carbonyl (C=O) groups is 2. The number of carboxylic acid groups (broad SMARTS) is 1. The van der Waals surface area contributed by atoms with Crippen LogP contribution >= 0.6 is 0 Å². The van der Waals surface area contributed by atoms with Gasteiger partial charge in [-0.05, 0) is 68.1 Å². The summed E-state index contributed by atoms with van der Waals surface area (Å²) in [5, 5.41) is 16.3. The van der Waals surface area contributed by atoms with Crippen molar-refractivity contribution in [1.82, 2.24) is 15.1 Å². The molecule has 0 aliphatic heterocycles. The molecule has 4 bridgehead atoms. The Hall–Kier alpha value is -1.85. The Kier molecular flexibility index (Phi) is 4.53.